The third-order valence-electron chi connectivity index (χ3n) is 9.09. The fourth-order valence-corrected chi connectivity index (χ4v) is 6.76. The molecule has 2 heteroatoms. The molecule has 2 aliphatic rings. The summed E-state index contributed by atoms with van der Waals surface area (Å²) in [5.74, 6) is 0.427. The molecule has 1 atom stereocenters. The fraction of sp³-hybridized carbons (Fsp3) is 0.156. The van der Waals surface area contributed by atoms with Crippen molar-refractivity contribution < 1.29 is 0 Å². The molecule has 0 radical (unpaired) electrons. The number of nitrogens with zero attached hydrogens (tertiary/aromatic N) is 2. The van der Waals surface area contributed by atoms with Crippen molar-refractivity contribution in [3.8, 4) is 0 Å². The van der Waals surface area contributed by atoms with Gasteiger partial charge in [-0.15, -0.1) is 0 Å². The first-order valence-electron chi connectivity index (χ1n) is 16.7. The zero-order valence-electron chi connectivity index (χ0n) is 27.9. The first-order chi connectivity index (χ1) is 23.0. The van der Waals surface area contributed by atoms with Crippen LogP contribution < -0.4 is 9.80 Å². The number of allylic oxidation sites excluding steroid dienone is 8. The van der Waals surface area contributed by atoms with E-state index < -0.39 is 0 Å². The van der Waals surface area contributed by atoms with E-state index in [1.807, 2.05) is 0 Å². The average molecular weight is 613 g/mol. The summed E-state index contributed by atoms with van der Waals surface area (Å²) < 4.78 is 0. The Morgan fingerprint density at radius 2 is 1.40 bits per heavy atom. The summed E-state index contributed by atoms with van der Waals surface area (Å²) in [7, 11) is 0. The molecule has 0 saturated heterocycles. The number of para-hydroxylation sites is 1. The topological polar surface area (TPSA) is 6.48 Å². The van der Waals surface area contributed by atoms with E-state index >= 15 is 0 Å². The summed E-state index contributed by atoms with van der Waals surface area (Å²) in [6, 6.07) is 32.5. The van der Waals surface area contributed by atoms with Crippen molar-refractivity contribution in [1.29, 1.82) is 0 Å². The van der Waals surface area contributed by atoms with E-state index in [1.54, 1.807) is 0 Å². The minimum absolute atomic E-state index is 0.427. The monoisotopic (exact) mass is 612 g/mol. The van der Waals surface area contributed by atoms with Crippen molar-refractivity contribution in [2.45, 2.75) is 46.0 Å². The average Bonchev–Trinajstić information content (AvgIpc) is 3.11. The second kappa shape index (κ2) is 14.4. The Hall–Kier alpha value is -5.34. The lowest BCUT2D eigenvalue weighted by Gasteiger charge is -2.31. The Morgan fingerprint density at radius 3 is 2.15 bits per heavy atom. The molecular formula is C45H44N2. The number of anilines is 4. The molecule has 0 N–H and O–H groups in total. The first-order valence-corrected chi connectivity index (χ1v) is 16.7. The highest BCUT2D eigenvalue weighted by Crippen LogP contribution is 2.42. The van der Waals surface area contributed by atoms with E-state index in [2.05, 4.69) is 189 Å². The second-order valence-corrected chi connectivity index (χ2v) is 12.2. The van der Waals surface area contributed by atoms with E-state index in [-0.39, 0.29) is 0 Å². The molecule has 0 amide bonds. The number of benzene rings is 4. The van der Waals surface area contributed by atoms with Crippen LogP contribution in [0.4, 0.5) is 22.7 Å². The maximum atomic E-state index is 4.56. The van der Waals surface area contributed by atoms with Crippen LogP contribution in [-0.4, -0.2) is 0 Å². The standard InChI is InChI=1S/C45H44N2/c1-6-16-39(7-2)47(43-25-14-19-37-18-11-12-24-42(37)43)41-31-29-36(30-32-41)33(3)27-28-35(5)46(40-22-9-8-10-23-40)44-26-15-21-38-20-13-17-34(4)45(38)44/h6-11,13-16,18-23,25-32,34H,3,5,12,17,24H2,1-2,4H3/b16-6-,28-27-,39-7+/t34-/m1/s1. The maximum Gasteiger partial charge on any atom is 0.0502 e. The summed E-state index contributed by atoms with van der Waals surface area (Å²) in [6.45, 7) is 15.5. The van der Waals surface area contributed by atoms with E-state index in [0.29, 0.717) is 5.92 Å². The van der Waals surface area contributed by atoms with Crippen LogP contribution in [0.25, 0.3) is 17.7 Å². The van der Waals surface area contributed by atoms with Crippen LogP contribution in [0.15, 0.2) is 158 Å². The SMILES string of the molecule is C=C(/C=C\C(=C)N(c1ccccc1)c1cccc2c1[C@H](C)CC=C2)c1ccc(N(C(/C=C\C)=C/C)c2cccc3c2CCC=C3)cc1. The van der Waals surface area contributed by atoms with Gasteiger partial charge in [-0.05, 0) is 121 Å². The third kappa shape index (κ3) is 6.64. The molecule has 0 saturated carbocycles. The van der Waals surface area contributed by atoms with Gasteiger partial charge in [0, 0.05) is 28.5 Å². The Bertz CT molecular complexity index is 1910. The zero-order chi connectivity index (χ0) is 32.8. The lowest BCUT2D eigenvalue weighted by Crippen LogP contribution is -2.18. The summed E-state index contributed by atoms with van der Waals surface area (Å²) in [5, 5.41) is 0. The minimum Gasteiger partial charge on any atom is -0.311 e. The molecule has 2 aliphatic carbocycles. The smallest absolute Gasteiger partial charge is 0.0502 e. The molecule has 0 heterocycles. The van der Waals surface area contributed by atoms with Gasteiger partial charge in [-0.2, -0.15) is 0 Å². The molecule has 234 valence electrons. The molecule has 4 aromatic carbocycles. The van der Waals surface area contributed by atoms with Gasteiger partial charge in [0.2, 0.25) is 0 Å². The highest BCUT2D eigenvalue weighted by Gasteiger charge is 2.23. The van der Waals surface area contributed by atoms with Crippen molar-refractivity contribution in [2.24, 2.45) is 0 Å². The van der Waals surface area contributed by atoms with Crippen LogP contribution in [0.1, 0.15) is 67.3 Å². The highest BCUT2D eigenvalue weighted by molar-refractivity contribution is 5.81. The Balaban J connectivity index is 1.30. The Labute approximate surface area is 281 Å². The lowest BCUT2D eigenvalue weighted by atomic mass is 9.86. The fourth-order valence-electron chi connectivity index (χ4n) is 6.76. The quantitative estimate of drug-likeness (QED) is 0.164. The predicted molar refractivity (Wildman–Crippen MR) is 205 cm³/mol. The van der Waals surface area contributed by atoms with Crippen LogP contribution in [0.5, 0.6) is 0 Å². The van der Waals surface area contributed by atoms with Crippen LogP contribution in [0.2, 0.25) is 0 Å². The predicted octanol–water partition coefficient (Wildman–Crippen LogP) is 12.7. The Morgan fingerprint density at radius 1 is 0.702 bits per heavy atom. The molecule has 4 aromatic rings. The number of hydrogen-bond acceptors (Lipinski definition) is 2. The van der Waals surface area contributed by atoms with E-state index in [9.17, 15) is 0 Å². The van der Waals surface area contributed by atoms with Crippen LogP contribution in [-0.2, 0) is 6.42 Å². The third-order valence-corrected chi connectivity index (χ3v) is 9.09. The summed E-state index contributed by atoms with van der Waals surface area (Å²) in [4.78, 5) is 4.64. The van der Waals surface area contributed by atoms with Gasteiger partial charge >= 0.3 is 0 Å². The number of rotatable bonds is 10. The van der Waals surface area contributed by atoms with Gasteiger partial charge in [0.15, 0.2) is 0 Å². The van der Waals surface area contributed by atoms with Gasteiger partial charge < -0.3 is 9.80 Å². The summed E-state index contributed by atoms with van der Waals surface area (Å²) >= 11 is 0. The van der Waals surface area contributed by atoms with Crippen molar-refractivity contribution in [1.82, 2.24) is 0 Å². The van der Waals surface area contributed by atoms with Gasteiger partial charge in [0.05, 0.1) is 5.69 Å². The molecule has 2 nitrogen and oxygen atoms in total. The molecule has 47 heavy (non-hydrogen) atoms. The molecule has 0 unspecified atom stereocenters. The number of fused-ring (bicyclic) bond motifs is 2. The molecule has 0 aromatic heterocycles. The van der Waals surface area contributed by atoms with Crippen molar-refractivity contribution in [3.05, 3.63) is 186 Å². The zero-order valence-corrected chi connectivity index (χ0v) is 27.9. The van der Waals surface area contributed by atoms with Crippen molar-refractivity contribution in [2.75, 3.05) is 9.80 Å². The molecule has 0 fully saturated rings. The molecule has 0 aliphatic heterocycles. The first kappa shape index (κ1) is 31.6. The van der Waals surface area contributed by atoms with Gasteiger partial charge in [-0.25, -0.2) is 0 Å². The Kier molecular flexibility index (Phi) is 9.69. The molecule has 0 bridgehead atoms. The van der Waals surface area contributed by atoms with E-state index in [4.69, 9.17) is 0 Å². The number of hydrogen-bond donors (Lipinski definition) is 0. The van der Waals surface area contributed by atoms with Gasteiger partial charge in [-0.1, -0.05) is 117 Å². The molecule has 6 rings (SSSR count). The highest BCUT2D eigenvalue weighted by atomic mass is 15.2. The van der Waals surface area contributed by atoms with Gasteiger partial charge in [-0.3, -0.25) is 0 Å². The van der Waals surface area contributed by atoms with E-state index in [0.717, 1.165) is 53.2 Å². The van der Waals surface area contributed by atoms with Gasteiger partial charge in [0.25, 0.3) is 0 Å². The largest absolute Gasteiger partial charge is 0.311 e. The van der Waals surface area contributed by atoms with Crippen LogP contribution in [0.3, 0.4) is 0 Å². The van der Waals surface area contributed by atoms with Crippen molar-refractivity contribution in [3.63, 3.8) is 0 Å². The summed E-state index contributed by atoms with van der Waals surface area (Å²) in [6.07, 6.45) is 22.8. The molecular weight excluding hydrogens is 569 g/mol. The van der Waals surface area contributed by atoms with Crippen LogP contribution >= 0.6 is 0 Å². The molecule has 0 spiro atoms. The second-order valence-electron chi connectivity index (χ2n) is 12.2. The maximum absolute atomic E-state index is 4.56. The van der Waals surface area contributed by atoms with Gasteiger partial charge in [0.1, 0.15) is 0 Å². The van der Waals surface area contributed by atoms with Crippen molar-refractivity contribution >= 4 is 40.5 Å². The van der Waals surface area contributed by atoms with Crippen LogP contribution in [0, 0.1) is 0 Å². The minimum atomic E-state index is 0.427. The lowest BCUT2D eigenvalue weighted by molar-refractivity contribution is 0.770. The normalized spacial score (nSPS) is 15.5. The van der Waals surface area contributed by atoms with E-state index in [1.165, 1.54) is 33.6 Å². The summed E-state index contributed by atoms with van der Waals surface area (Å²) in [5.41, 5.74) is 14.0.